The molecule has 0 aliphatic rings. The molecule has 0 saturated heterocycles. The van der Waals surface area contributed by atoms with Gasteiger partial charge in [-0.25, -0.2) is 13.6 Å². The van der Waals surface area contributed by atoms with Crippen LogP contribution < -0.4 is 10.6 Å². The first kappa shape index (κ1) is 19.3. The maximum absolute atomic E-state index is 13.4. The summed E-state index contributed by atoms with van der Waals surface area (Å²) < 4.78 is 32.5. The van der Waals surface area contributed by atoms with Crippen molar-refractivity contribution in [1.29, 1.82) is 0 Å². The van der Waals surface area contributed by atoms with Crippen LogP contribution in [0.2, 0.25) is 0 Å². The van der Waals surface area contributed by atoms with Crippen LogP contribution in [0.4, 0.5) is 19.3 Å². The van der Waals surface area contributed by atoms with Gasteiger partial charge in [0.05, 0.1) is 0 Å². The maximum atomic E-state index is 13.4. The van der Waals surface area contributed by atoms with E-state index in [2.05, 4.69) is 20.8 Å². The molecule has 0 bridgehead atoms. The number of hydrogen-bond donors (Lipinski definition) is 2. The van der Waals surface area contributed by atoms with Gasteiger partial charge in [-0.05, 0) is 48.0 Å². The maximum Gasteiger partial charge on any atom is 0.320 e. The van der Waals surface area contributed by atoms with Crippen LogP contribution in [0.3, 0.4) is 0 Å². The molecule has 30 heavy (non-hydrogen) atoms. The number of carbonyl (C=O) groups is 1. The Hall–Kier alpha value is -4.07. The van der Waals surface area contributed by atoms with E-state index in [1.807, 2.05) is 30.3 Å². The van der Waals surface area contributed by atoms with Gasteiger partial charge in [-0.2, -0.15) is 0 Å². The summed E-state index contributed by atoms with van der Waals surface area (Å²) in [4.78, 5) is 12.5. The third-order valence-electron chi connectivity index (χ3n) is 4.27. The van der Waals surface area contributed by atoms with Crippen LogP contribution in [0.1, 0.15) is 17.5 Å². The quantitative estimate of drug-likeness (QED) is 0.493. The normalized spacial score (nSPS) is 11.7. The van der Waals surface area contributed by atoms with Gasteiger partial charge in [0.1, 0.15) is 17.7 Å². The molecule has 4 aromatic rings. The molecule has 4 rings (SSSR count). The van der Waals surface area contributed by atoms with E-state index < -0.39 is 23.7 Å². The second kappa shape index (κ2) is 8.52. The lowest BCUT2D eigenvalue weighted by Crippen LogP contribution is -2.33. The van der Waals surface area contributed by atoms with Crippen LogP contribution in [-0.4, -0.2) is 16.2 Å². The van der Waals surface area contributed by atoms with Crippen molar-refractivity contribution in [1.82, 2.24) is 15.5 Å². The molecule has 0 spiro atoms. The van der Waals surface area contributed by atoms with Gasteiger partial charge >= 0.3 is 6.03 Å². The second-order valence-corrected chi connectivity index (χ2v) is 6.40. The summed E-state index contributed by atoms with van der Waals surface area (Å²) in [5.74, 6) is -0.496. The van der Waals surface area contributed by atoms with Gasteiger partial charge in [0.2, 0.25) is 11.8 Å². The number of hydrogen-bond acceptors (Lipinski definition) is 4. The fraction of sp³-hybridized carbons (Fsp3) is 0.0455. The van der Waals surface area contributed by atoms with E-state index in [1.54, 1.807) is 6.07 Å². The molecule has 2 N–H and O–H groups in total. The first-order valence-corrected chi connectivity index (χ1v) is 9.06. The first-order valence-electron chi connectivity index (χ1n) is 9.06. The van der Waals surface area contributed by atoms with Gasteiger partial charge in [-0.15, -0.1) is 10.2 Å². The number of anilines is 1. The lowest BCUT2D eigenvalue weighted by Gasteiger charge is -2.16. The Bertz CT molecular complexity index is 1150. The van der Waals surface area contributed by atoms with Gasteiger partial charge < -0.3 is 15.1 Å². The average molecular weight is 406 g/mol. The van der Waals surface area contributed by atoms with E-state index >= 15 is 0 Å². The summed E-state index contributed by atoms with van der Waals surface area (Å²) in [5, 5.41) is 13.4. The Morgan fingerprint density at radius 3 is 2.37 bits per heavy atom. The Balaban J connectivity index is 1.61. The standard InChI is InChI=1S/C22H16F2N4O2/c23-16-11-9-14(10-12-16)19(26-22(29)25-18-8-4-7-17(24)13-18)21-28-27-20(30-21)15-5-2-1-3-6-15/h1-13,19H,(H2,25,26,29). The van der Waals surface area contributed by atoms with Crippen LogP contribution in [0.25, 0.3) is 11.5 Å². The van der Waals surface area contributed by atoms with Crippen molar-refractivity contribution in [3.8, 4) is 11.5 Å². The van der Waals surface area contributed by atoms with Crippen LogP contribution in [0.5, 0.6) is 0 Å². The van der Waals surface area contributed by atoms with Gasteiger partial charge in [0.15, 0.2) is 0 Å². The Morgan fingerprint density at radius 1 is 0.867 bits per heavy atom. The van der Waals surface area contributed by atoms with E-state index in [0.29, 0.717) is 5.56 Å². The predicted molar refractivity (Wildman–Crippen MR) is 107 cm³/mol. The number of nitrogens with zero attached hydrogens (tertiary/aromatic N) is 2. The van der Waals surface area contributed by atoms with Crippen molar-refractivity contribution in [2.45, 2.75) is 6.04 Å². The molecule has 1 unspecified atom stereocenters. The summed E-state index contributed by atoms with van der Waals surface area (Å²) in [7, 11) is 0. The Morgan fingerprint density at radius 2 is 1.63 bits per heavy atom. The van der Waals surface area contributed by atoms with Crippen LogP contribution >= 0.6 is 0 Å². The summed E-state index contributed by atoms with van der Waals surface area (Å²) >= 11 is 0. The number of nitrogens with one attached hydrogen (secondary N) is 2. The van der Waals surface area contributed by atoms with Crippen molar-refractivity contribution in [3.63, 3.8) is 0 Å². The molecule has 0 radical (unpaired) electrons. The lowest BCUT2D eigenvalue weighted by atomic mass is 10.1. The first-order chi connectivity index (χ1) is 14.6. The minimum absolute atomic E-state index is 0.120. The minimum atomic E-state index is -0.843. The highest BCUT2D eigenvalue weighted by atomic mass is 19.1. The van der Waals surface area contributed by atoms with Crippen molar-refractivity contribution in [2.24, 2.45) is 0 Å². The van der Waals surface area contributed by atoms with Crippen molar-refractivity contribution in [2.75, 3.05) is 5.32 Å². The van der Waals surface area contributed by atoms with Crippen molar-refractivity contribution < 1.29 is 18.0 Å². The number of halogens is 2. The highest BCUT2D eigenvalue weighted by Crippen LogP contribution is 2.25. The average Bonchev–Trinajstić information content (AvgIpc) is 3.23. The molecular formula is C22H16F2N4O2. The zero-order chi connectivity index (χ0) is 20.9. The number of urea groups is 1. The predicted octanol–water partition coefficient (Wildman–Crippen LogP) is 4.93. The third-order valence-corrected chi connectivity index (χ3v) is 4.27. The Labute approximate surface area is 170 Å². The van der Waals surface area contributed by atoms with Crippen molar-refractivity contribution in [3.05, 3.63) is 102 Å². The van der Waals surface area contributed by atoms with E-state index in [4.69, 9.17) is 4.42 Å². The summed E-state index contributed by atoms with van der Waals surface area (Å²) in [6.07, 6.45) is 0. The molecule has 1 heterocycles. The van der Waals surface area contributed by atoms with Gasteiger partial charge in [0, 0.05) is 11.3 Å². The fourth-order valence-corrected chi connectivity index (χ4v) is 2.86. The molecular weight excluding hydrogens is 390 g/mol. The van der Waals surface area contributed by atoms with Gasteiger partial charge in [-0.1, -0.05) is 36.4 Å². The van der Waals surface area contributed by atoms with E-state index in [0.717, 1.165) is 5.56 Å². The molecule has 0 saturated carbocycles. The fourth-order valence-electron chi connectivity index (χ4n) is 2.86. The summed E-state index contributed by atoms with van der Waals surface area (Å²) in [6, 6.07) is 18.7. The number of aromatic nitrogens is 2. The van der Waals surface area contributed by atoms with Crippen molar-refractivity contribution >= 4 is 11.7 Å². The largest absolute Gasteiger partial charge is 0.418 e. The minimum Gasteiger partial charge on any atom is -0.418 e. The van der Waals surface area contributed by atoms with Crippen LogP contribution in [0, 0.1) is 11.6 Å². The molecule has 0 fully saturated rings. The number of carbonyl (C=O) groups excluding carboxylic acids is 1. The highest BCUT2D eigenvalue weighted by molar-refractivity contribution is 5.89. The van der Waals surface area contributed by atoms with E-state index in [1.165, 1.54) is 42.5 Å². The Kier molecular flexibility index (Phi) is 5.47. The summed E-state index contributed by atoms with van der Waals surface area (Å²) in [6.45, 7) is 0. The second-order valence-electron chi connectivity index (χ2n) is 6.40. The molecule has 1 aromatic heterocycles. The lowest BCUT2D eigenvalue weighted by molar-refractivity contribution is 0.248. The van der Waals surface area contributed by atoms with Gasteiger partial charge in [-0.3, -0.25) is 0 Å². The molecule has 0 aliphatic carbocycles. The smallest absolute Gasteiger partial charge is 0.320 e. The van der Waals surface area contributed by atoms with Crippen LogP contribution in [-0.2, 0) is 0 Å². The van der Waals surface area contributed by atoms with E-state index in [-0.39, 0.29) is 17.5 Å². The molecule has 150 valence electrons. The number of benzene rings is 3. The van der Waals surface area contributed by atoms with Gasteiger partial charge in [0.25, 0.3) is 0 Å². The number of amides is 2. The molecule has 8 heteroatoms. The molecule has 6 nitrogen and oxygen atoms in total. The third kappa shape index (κ3) is 4.49. The zero-order valence-corrected chi connectivity index (χ0v) is 15.5. The zero-order valence-electron chi connectivity index (χ0n) is 15.5. The van der Waals surface area contributed by atoms with Crippen LogP contribution in [0.15, 0.2) is 83.3 Å². The molecule has 1 atom stereocenters. The summed E-state index contributed by atoms with van der Waals surface area (Å²) in [5.41, 5.74) is 1.54. The number of rotatable bonds is 5. The monoisotopic (exact) mass is 406 g/mol. The van der Waals surface area contributed by atoms with E-state index in [9.17, 15) is 13.6 Å². The molecule has 0 aliphatic heterocycles. The topological polar surface area (TPSA) is 80.0 Å². The highest BCUT2D eigenvalue weighted by Gasteiger charge is 2.24. The SMILES string of the molecule is O=C(Nc1cccc(F)c1)NC(c1ccc(F)cc1)c1nnc(-c2ccccc2)o1. The molecule has 2 amide bonds. The molecule has 3 aromatic carbocycles.